The SMILES string of the molecule is O=C(c1c(Cl)ccc2cn[nH]c12)N1CCOCC1. The molecule has 1 aliphatic heterocycles. The fourth-order valence-corrected chi connectivity index (χ4v) is 2.36. The van der Waals surface area contributed by atoms with Crippen molar-refractivity contribution in [2.75, 3.05) is 26.3 Å². The van der Waals surface area contributed by atoms with Crippen LogP contribution in [0.1, 0.15) is 10.4 Å². The molecule has 1 amide bonds. The molecule has 2 heterocycles. The lowest BCUT2D eigenvalue weighted by Gasteiger charge is -2.27. The van der Waals surface area contributed by atoms with Crippen LogP contribution in [0.2, 0.25) is 5.02 Å². The molecule has 0 atom stereocenters. The molecule has 0 radical (unpaired) electrons. The summed E-state index contributed by atoms with van der Waals surface area (Å²) in [6, 6.07) is 3.57. The molecule has 0 unspecified atom stereocenters. The maximum Gasteiger partial charge on any atom is 0.257 e. The average Bonchev–Trinajstić information content (AvgIpc) is 2.87. The highest BCUT2D eigenvalue weighted by Gasteiger charge is 2.23. The molecule has 1 N–H and O–H groups in total. The number of ether oxygens (including phenoxy) is 1. The minimum Gasteiger partial charge on any atom is -0.378 e. The van der Waals surface area contributed by atoms with Gasteiger partial charge < -0.3 is 9.64 Å². The van der Waals surface area contributed by atoms with Gasteiger partial charge >= 0.3 is 0 Å². The van der Waals surface area contributed by atoms with E-state index in [0.29, 0.717) is 42.4 Å². The molecule has 1 aromatic carbocycles. The topological polar surface area (TPSA) is 58.2 Å². The molecule has 5 nitrogen and oxygen atoms in total. The van der Waals surface area contributed by atoms with Gasteiger partial charge in [0.2, 0.25) is 0 Å². The molecule has 2 aromatic rings. The zero-order valence-corrected chi connectivity index (χ0v) is 10.4. The molecular formula is C12H12ClN3O2. The summed E-state index contributed by atoms with van der Waals surface area (Å²) < 4.78 is 5.24. The Morgan fingerprint density at radius 3 is 2.94 bits per heavy atom. The molecule has 1 saturated heterocycles. The maximum absolute atomic E-state index is 12.5. The largest absolute Gasteiger partial charge is 0.378 e. The fraction of sp³-hybridized carbons (Fsp3) is 0.333. The van der Waals surface area contributed by atoms with Gasteiger partial charge in [0.05, 0.1) is 35.5 Å². The second kappa shape index (κ2) is 4.59. The summed E-state index contributed by atoms with van der Waals surface area (Å²) in [6.45, 7) is 2.34. The standard InChI is InChI=1S/C12H12ClN3O2/c13-9-2-1-8-7-14-15-11(8)10(9)12(17)16-3-5-18-6-4-16/h1-2,7H,3-6H2,(H,14,15). The quantitative estimate of drug-likeness (QED) is 0.854. The molecule has 1 aromatic heterocycles. The van der Waals surface area contributed by atoms with Gasteiger partial charge in [-0.1, -0.05) is 11.6 Å². The van der Waals surface area contributed by atoms with Crippen LogP contribution in [-0.4, -0.2) is 47.3 Å². The van der Waals surface area contributed by atoms with Gasteiger partial charge in [0.25, 0.3) is 5.91 Å². The van der Waals surface area contributed by atoms with Crippen LogP contribution >= 0.6 is 11.6 Å². The summed E-state index contributed by atoms with van der Waals surface area (Å²) in [5.74, 6) is -0.0712. The van der Waals surface area contributed by atoms with Gasteiger partial charge in [-0.25, -0.2) is 0 Å². The highest BCUT2D eigenvalue weighted by molar-refractivity contribution is 6.35. The molecule has 0 aliphatic carbocycles. The third-order valence-electron chi connectivity index (χ3n) is 3.08. The lowest BCUT2D eigenvalue weighted by atomic mass is 10.1. The minimum absolute atomic E-state index is 0.0712. The van der Waals surface area contributed by atoms with Crippen LogP contribution in [0.4, 0.5) is 0 Å². The number of rotatable bonds is 1. The van der Waals surface area contributed by atoms with Gasteiger partial charge in [-0.15, -0.1) is 0 Å². The number of aromatic nitrogens is 2. The fourth-order valence-electron chi connectivity index (χ4n) is 2.12. The Kier molecular flexibility index (Phi) is 2.93. The van der Waals surface area contributed by atoms with Crippen molar-refractivity contribution in [1.82, 2.24) is 15.1 Å². The molecule has 0 spiro atoms. The third-order valence-corrected chi connectivity index (χ3v) is 3.39. The summed E-state index contributed by atoms with van der Waals surface area (Å²) in [6.07, 6.45) is 1.68. The zero-order valence-electron chi connectivity index (χ0n) is 9.65. The lowest BCUT2D eigenvalue weighted by Crippen LogP contribution is -2.40. The Bertz CT molecular complexity index is 590. The Morgan fingerprint density at radius 1 is 1.39 bits per heavy atom. The number of amides is 1. The minimum atomic E-state index is -0.0712. The number of fused-ring (bicyclic) bond motifs is 1. The first-order valence-electron chi connectivity index (χ1n) is 5.76. The number of hydrogen-bond donors (Lipinski definition) is 1. The normalized spacial score (nSPS) is 16.2. The predicted octanol–water partition coefficient (Wildman–Crippen LogP) is 1.69. The third kappa shape index (κ3) is 1.85. The molecule has 18 heavy (non-hydrogen) atoms. The van der Waals surface area contributed by atoms with Gasteiger partial charge in [-0.3, -0.25) is 9.89 Å². The van der Waals surface area contributed by atoms with Crippen LogP contribution in [0.5, 0.6) is 0 Å². The van der Waals surface area contributed by atoms with E-state index in [-0.39, 0.29) is 5.91 Å². The smallest absolute Gasteiger partial charge is 0.257 e. The molecular weight excluding hydrogens is 254 g/mol. The molecule has 94 valence electrons. The summed E-state index contributed by atoms with van der Waals surface area (Å²) in [5, 5.41) is 8.12. The number of aromatic amines is 1. The monoisotopic (exact) mass is 265 g/mol. The Morgan fingerprint density at radius 2 is 2.17 bits per heavy atom. The molecule has 6 heteroatoms. The predicted molar refractivity (Wildman–Crippen MR) is 67.8 cm³/mol. The second-order valence-corrected chi connectivity index (χ2v) is 4.57. The van der Waals surface area contributed by atoms with Crippen LogP contribution in [0, 0.1) is 0 Å². The molecule has 1 fully saturated rings. The number of benzene rings is 1. The van der Waals surface area contributed by atoms with Crippen molar-refractivity contribution in [3.05, 3.63) is 28.9 Å². The van der Waals surface area contributed by atoms with E-state index in [1.54, 1.807) is 17.2 Å². The first kappa shape index (κ1) is 11.5. The molecule has 0 saturated carbocycles. The van der Waals surface area contributed by atoms with Crippen molar-refractivity contribution in [1.29, 1.82) is 0 Å². The van der Waals surface area contributed by atoms with Crippen LogP contribution < -0.4 is 0 Å². The Labute approximate surface area is 109 Å². The van der Waals surface area contributed by atoms with Crippen molar-refractivity contribution < 1.29 is 9.53 Å². The number of nitrogens with one attached hydrogen (secondary N) is 1. The van der Waals surface area contributed by atoms with Gasteiger partial charge in [-0.05, 0) is 12.1 Å². The van der Waals surface area contributed by atoms with Crippen LogP contribution in [0.15, 0.2) is 18.3 Å². The van der Waals surface area contributed by atoms with E-state index < -0.39 is 0 Å². The number of H-pyrrole nitrogens is 1. The van der Waals surface area contributed by atoms with Gasteiger partial charge in [-0.2, -0.15) is 5.10 Å². The van der Waals surface area contributed by atoms with Crippen LogP contribution in [0.3, 0.4) is 0 Å². The molecule has 1 aliphatic rings. The first-order chi connectivity index (χ1) is 8.77. The maximum atomic E-state index is 12.5. The van der Waals surface area contributed by atoms with Crippen molar-refractivity contribution in [2.45, 2.75) is 0 Å². The van der Waals surface area contributed by atoms with Gasteiger partial charge in [0, 0.05) is 18.5 Å². The number of nitrogens with zero attached hydrogens (tertiary/aromatic N) is 2. The van der Waals surface area contributed by atoms with E-state index >= 15 is 0 Å². The number of carbonyl (C=O) groups is 1. The van der Waals surface area contributed by atoms with Crippen LogP contribution in [-0.2, 0) is 4.74 Å². The summed E-state index contributed by atoms with van der Waals surface area (Å²) >= 11 is 6.15. The van der Waals surface area contributed by atoms with Crippen molar-refractivity contribution >= 4 is 28.4 Å². The number of halogens is 1. The molecule has 0 bridgehead atoms. The van der Waals surface area contributed by atoms with E-state index in [1.165, 1.54) is 0 Å². The highest BCUT2D eigenvalue weighted by atomic mass is 35.5. The molecule has 3 rings (SSSR count). The van der Waals surface area contributed by atoms with Gasteiger partial charge in [0.1, 0.15) is 0 Å². The van der Waals surface area contributed by atoms with Crippen LogP contribution in [0.25, 0.3) is 10.9 Å². The van der Waals surface area contributed by atoms with E-state index in [2.05, 4.69) is 10.2 Å². The van der Waals surface area contributed by atoms with E-state index in [4.69, 9.17) is 16.3 Å². The zero-order chi connectivity index (χ0) is 12.5. The lowest BCUT2D eigenvalue weighted by molar-refractivity contribution is 0.0304. The van der Waals surface area contributed by atoms with Crippen molar-refractivity contribution in [3.63, 3.8) is 0 Å². The van der Waals surface area contributed by atoms with Crippen molar-refractivity contribution in [3.8, 4) is 0 Å². The Hall–Kier alpha value is -1.59. The van der Waals surface area contributed by atoms with Gasteiger partial charge in [0.15, 0.2) is 0 Å². The Balaban J connectivity index is 2.04. The summed E-state index contributed by atoms with van der Waals surface area (Å²) in [4.78, 5) is 14.2. The average molecular weight is 266 g/mol. The summed E-state index contributed by atoms with van der Waals surface area (Å²) in [5.41, 5.74) is 1.19. The van der Waals surface area contributed by atoms with E-state index in [0.717, 1.165) is 5.39 Å². The first-order valence-corrected chi connectivity index (χ1v) is 6.14. The van der Waals surface area contributed by atoms with Crippen molar-refractivity contribution in [2.24, 2.45) is 0 Å². The van der Waals surface area contributed by atoms with E-state index in [9.17, 15) is 4.79 Å². The summed E-state index contributed by atoms with van der Waals surface area (Å²) in [7, 11) is 0. The number of hydrogen-bond acceptors (Lipinski definition) is 3. The van der Waals surface area contributed by atoms with E-state index in [1.807, 2.05) is 6.07 Å². The second-order valence-electron chi connectivity index (χ2n) is 4.16. The number of morpholine rings is 1. The number of carbonyl (C=O) groups excluding carboxylic acids is 1. The highest BCUT2D eigenvalue weighted by Crippen LogP contribution is 2.26.